The Morgan fingerprint density at radius 2 is 2.00 bits per heavy atom. The van der Waals surface area contributed by atoms with Gasteiger partial charge in [0.1, 0.15) is 5.82 Å². The molecule has 0 atom stereocenters. The number of hydrogen-bond acceptors (Lipinski definition) is 2. The minimum atomic E-state index is -0.259. The summed E-state index contributed by atoms with van der Waals surface area (Å²) in [5.74, 6) is 0.405. The third kappa shape index (κ3) is 4.34. The first-order chi connectivity index (χ1) is 10.0. The molecule has 0 fully saturated rings. The molecule has 0 aliphatic carbocycles. The molecule has 112 valence electrons. The number of anilines is 1. The van der Waals surface area contributed by atoms with Gasteiger partial charge in [-0.05, 0) is 53.2 Å². The summed E-state index contributed by atoms with van der Waals surface area (Å²) in [6.45, 7) is 2.76. The van der Waals surface area contributed by atoms with E-state index in [9.17, 15) is 4.39 Å². The Hall–Kier alpha value is -0.780. The molecule has 0 saturated heterocycles. The van der Waals surface area contributed by atoms with Crippen LogP contribution in [0.3, 0.4) is 0 Å². The molecule has 0 aromatic heterocycles. The zero-order valence-corrected chi connectivity index (χ0v) is 15.1. The predicted octanol–water partition coefficient (Wildman–Crippen LogP) is 6.01. The van der Waals surface area contributed by atoms with Gasteiger partial charge in [0, 0.05) is 21.6 Å². The Bertz CT molecular complexity index is 652. The second-order valence-electron chi connectivity index (χ2n) is 4.29. The Kier molecular flexibility index (Phi) is 5.90. The van der Waals surface area contributed by atoms with Crippen LogP contribution < -0.4 is 10.1 Å². The van der Waals surface area contributed by atoms with Crippen molar-refractivity contribution in [3.05, 3.63) is 55.7 Å². The van der Waals surface area contributed by atoms with E-state index in [1.54, 1.807) is 24.3 Å². The van der Waals surface area contributed by atoms with Crippen LogP contribution in [0.25, 0.3) is 0 Å². The summed E-state index contributed by atoms with van der Waals surface area (Å²) in [4.78, 5) is 0. The summed E-state index contributed by atoms with van der Waals surface area (Å²) in [5, 5.41) is 3.74. The fourth-order valence-electron chi connectivity index (χ4n) is 1.85. The minimum Gasteiger partial charge on any atom is -0.491 e. The summed E-state index contributed by atoms with van der Waals surface area (Å²) >= 11 is 12.8. The van der Waals surface area contributed by atoms with Crippen LogP contribution in [0.2, 0.25) is 5.02 Å². The third-order valence-electron chi connectivity index (χ3n) is 2.77. The standard InChI is InChI=1S/C15H13Br2ClFNO/c1-2-21-15-12(17)6-11(18)7-14(15)20-8-9-5-10(16)3-4-13(9)19/h3-7,20H,2,8H2,1H3. The lowest BCUT2D eigenvalue weighted by Gasteiger charge is -2.15. The van der Waals surface area contributed by atoms with Gasteiger partial charge >= 0.3 is 0 Å². The highest BCUT2D eigenvalue weighted by Gasteiger charge is 2.11. The summed E-state index contributed by atoms with van der Waals surface area (Å²) in [6, 6.07) is 8.35. The number of hydrogen-bond donors (Lipinski definition) is 1. The monoisotopic (exact) mass is 435 g/mol. The predicted molar refractivity (Wildman–Crippen MR) is 91.7 cm³/mol. The van der Waals surface area contributed by atoms with Gasteiger partial charge in [0.2, 0.25) is 0 Å². The van der Waals surface area contributed by atoms with E-state index in [2.05, 4.69) is 37.2 Å². The van der Waals surface area contributed by atoms with Gasteiger partial charge in [0.25, 0.3) is 0 Å². The maximum atomic E-state index is 13.8. The molecule has 2 aromatic carbocycles. The van der Waals surface area contributed by atoms with Crippen molar-refractivity contribution in [2.45, 2.75) is 13.5 Å². The molecule has 6 heteroatoms. The summed E-state index contributed by atoms with van der Waals surface area (Å²) in [7, 11) is 0. The van der Waals surface area contributed by atoms with Gasteiger partial charge in [-0.2, -0.15) is 0 Å². The van der Waals surface area contributed by atoms with E-state index >= 15 is 0 Å². The van der Waals surface area contributed by atoms with Crippen LogP contribution in [-0.2, 0) is 6.54 Å². The van der Waals surface area contributed by atoms with E-state index in [4.69, 9.17) is 16.3 Å². The summed E-state index contributed by atoms with van der Waals surface area (Å²) < 4.78 is 20.9. The maximum absolute atomic E-state index is 13.8. The molecule has 0 amide bonds. The molecule has 0 heterocycles. The Morgan fingerprint density at radius 1 is 1.24 bits per heavy atom. The van der Waals surface area contributed by atoms with Crippen molar-refractivity contribution in [2.75, 3.05) is 11.9 Å². The highest BCUT2D eigenvalue weighted by Crippen LogP contribution is 2.37. The quantitative estimate of drug-likeness (QED) is 0.618. The lowest BCUT2D eigenvalue weighted by atomic mass is 10.2. The molecule has 0 bridgehead atoms. The van der Waals surface area contributed by atoms with E-state index in [0.717, 1.165) is 14.6 Å². The van der Waals surface area contributed by atoms with Crippen LogP contribution in [0.4, 0.5) is 10.1 Å². The molecular formula is C15H13Br2ClFNO. The van der Waals surface area contributed by atoms with E-state index in [-0.39, 0.29) is 5.82 Å². The lowest BCUT2D eigenvalue weighted by Crippen LogP contribution is -2.05. The molecule has 0 spiro atoms. The fourth-order valence-corrected chi connectivity index (χ4v) is 3.19. The molecule has 0 aliphatic heterocycles. The van der Waals surface area contributed by atoms with Crippen molar-refractivity contribution < 1.29 is 9.13 Å². The van der Waals surface area contributed by atoms with Crippen molar-refractivity contribution in [1.82, 2.24) is 0 Å². The SMILES string of the molecule is CCOc1c(Br)cc(Cl)cc1NCc1cc(Br)ccc1F. The van der Waals surface area contributed by atoms with E-state index in [1.807, 2.05) is 6.92 Å². The Labute approximate surface area is 144 Å². The maximum Gasteiger partial charge on any atom is 0.156 e. The first-order valence-corrected chi connectivity index (χ1v) is 8.27. The summed E-state index contributed by atoms with van der Waals surface area (Å²) in [6.07, 6.45) is 0. The Balaban J connectivity index is 2.25. The van der Waals surface area contributed by atoms with Gasteiger partial charge in [-0.3, -0.25) is 0 Å². The van der Waals surface area contributed by atoms with Crippen LogP contribution >= 0.6 is 43.5 Å². The van der Waals surface area contributed by atoms with E-state index in [1.165, 1.54) is 6.07 Å². The summed E-state index contributed by atoms with van der Waals surface area (Å²) in [5.41, 5.74) is 1.28. The van der Waals surface area contributed by atoms with Crippen molar-refractivity contribution in [3.63, 3.8) is 0 Å². The highest BCUT2D eigenvalue weighted by atomic mass is 79.9. The molecule has 2 rings (SSSR count). The van der Waals surface area contributed by atoms with Crippen LogP contribution in [-0.4, -0.2) is 6.61 Å². The fraction of sp³-hybridized carbons (Fsp3) is 0.200. The van der Waals surface area contributed by atoms with Crippen LogP contribution in [0.1, 0.15) is 12.5 Å². The van der Waals surface area contributed by atoms with E-state index < -0.39 is 0 Å². The highest BCUT2D eigenvalue weighted by molar-refractivity contribution is 9.10. The largest absolute Gasteiger partial charge is 0.491 e. The molecular weight excluding hydrogens is 424 g/mol. The van der Waals surface area contributed by atoms with Crippen molar-refractivity contribution >= 4 is 49.1 Å². The second-order valence-corrected chi connectivity index (χ2v) is 6.49. The Morgan fingerprint density at radius 3 is 2.71 bits per heavy atom. The number of ether oxygens (including phenoxy) is 1. The van der Waals surface area contributed by atoms with Gasteiger partial charge in [-0.1, -0.05) is 27.5 Å². The first-order valence-electron chi connectivity index (χ1n) is 6.31. The average molecular weight is 438 g/mol. The molecule has 0 saturated carbocycles. The topological polar surface area (TPSA) is 21.3 Å². The number of nitrogens with one attached hydrogen (secondary N) is 1. The van der Waals surface area contributed by atoms with Crippen molar-refractivity contribution in [1.29, 1.82) is 0 Å². The van der Waals surface area contributed by atoms with Gasteiger partial charge in [0.15, 0.2) is 5.75 Å². The molecule has 1 N–H and O–H groups in total. The third-order valence-corrected chi connectivity index (χ3v) is 4.07. The van der Waals surface area contributed by atoms with E-state index in [0.29, 0.717) is 29.5 Å². The normalized spacial score (nSPS) is 10.5. The van der Waals surface area contributed by atoms with Gasteiger partial charge in [0.05, 0.1) is 16.8 Å². The zero-order valence-electron chi connectivity index (χ0n) is 11.2. The molecule has 0 radical (unpaired) electrons. The number of benzene rings is 2. The van der Waals surface area contributed by atoms with Crippen LogP contribution in [0.15, 0.2) is 39.3 Å². The molecule has 0 unspecified atom stereocenters. The van der Waals surface area contributed by atoms with Crippen molar-refractivity contribution in [3.8, 4) is 5.75 Å². The first kappa shape index (κ1) is 16.6. The molecule has 2 nitrogen and oxygen atoms in total. The van der Waals surface area contributed by atoms with Gasteiger partial charge in [-0.25, -0.2) is 4.39 Å². The minimum absolute atomic E-state index is 0.259. The smallest absolute Gasteiger partial charge is 0.156 e. The van der Waals surface area contributed by atoms with Gasteiger partial charge in [-0.15, -0.1) is 0 Å². The molecule has 0 aliphatic rings. The van der Waals surface area contributed by atoms with Crippen molar-refractivity contribution in [2.24, 2.45) is 0 Å². The number of halogens is 4. The zero-order chi connectivity index (χ0) is 15.4. The average Bonchev–Trinajstić information content (AvgIpc) is 2.43. The van der Waals surface area contributed by atoms with Crippen LogP contribution in [0, 0.1) is 5.82 Å². The van der Waals surface area contributed by atoms with Gasteiger partial charge < -0.3 is 10.1 Å². The molecule has 2 aromatic rings. The molecule has 21 heavy (non-hydrogen) atoms. The lowest BCUT2D eigenvalue weighted by molar-refractivity contribution is 0.339. The van der Waals surface area contributed by atoms with Crippen LogP contribution in [0.5, 0.6) is 5.75 Å². The second kappa shape index (κ2) is 7.47. The number of rotatable bonds is 5.